The topological polar surface area (TPSA) is 69.8 Å². The van der Waals surface area contributed by atoms with Crippen LogP contribution in [-0.2, 0) is 4.79 Å². The fourth-order valence-electron chi connectivity index (χ4n) is 2.69. The van der Waals surface area contributed by atoms with E-state index in [1.165, 1.54) is 0 Å². The summed E-state index contributed by atoms with van der Waals surface area (Å²) in [7, 11) is 1.83. The lowest BCUT2D eigenvalue weighted by atomic mass is 9.95. The Balaban J connectivity index is 2.35. The molecule has 1 heterocycles. The Hall–Kier alpha value is -0.650. The van der Waals surface area contributed by atoms with E-state index in [0.717, 1.165) is 39.0 Å². The van der Waals surface area contributed by atoms with E-state index in [2.05, 4.69) is 4.90 Å². The highest BCUT2D eigenvalue weighted by Crippen LogP contribution is 2.19. The molecule has 0 aromatic carbocycles. The van der Waals surface area contributed by atoms with Crippen LogP contribution in [0, 0.1) is 5.92 Å². The normalized spacial score (nSPS) is 20.3. The summed E-state index contributed by atoms with van der Waals surface area (Å²) in [6.07, 6.45) is 1.89. The zero-order valence-electron chi connectivity index (χ0n) is 12.7. The maximum atomic E-state index is 12.0. The summed E-state index contributed by atoms with van der Waals surface area (Å²) in [5.41, 5.74) is 5.04. The van der Waals surface area contributed by atoms with Crippen LogP contribution in [0.1, 0.15) is 33.6 Å². The van der Waals surface area contributed by atoms with Crippen LogP contribution in [0.2, 0.25) is 0 Å². The molecule has 19 heavy (non-hydrogen) atoms. The van der Waals surface area contributed by atoms with Gasteiger partial charge >= 0.3 is 0 Å². The second kappa shape index (κ2) is 6.68. The largest absolute Gasteiger partial charge is 0.392 e. The Bertz CT molecular complexity index is 292. The van der Waals surface area contributed by atoms with Gasteiger partial charge in [0.25, 0.3) is 0 Å². The van der Waals surface area contributed by atoms with Crippen LogP contribution in [-0.4, -0.2) is 65.7 Å². The van der Waals surface area contributed by atoms with Crippen LogP contribution in [0.5, 0.6) is 0 Å². The van der Waals surface area contributed by atoms with Crippen LogP contribution >= 0.6 is 0 Å². The molecule has 0 aliphatic carbocycles. The number of nitrogens with two attached hydrogens (primary N) is 1. The van der Waals surface area contributed by atoms with Gasteiger partial charge in [-0.05, 0) is 52.6 Å². The van der Waals surface area contributed by atoms with Crippen molar-refractivity contribution in [2.24, 2.45) is 11.7 Å². The average Bonchev–Trinajstić information content (AvgIpc) is 2.28. The molecule has 1 unspecified atom stereocenters. The Labute approximate surface area is 116 Å². The molecule has 3 N–H and O–H groups in total. The Morgan fingerprint density at radius 2 is 2.00 bits per heavy atom. The van der Waals surface area contributed by atoms with E-state index in [1.807, 2.05) is 14.0 Å². The minimum atomic E-state index is -0.790. The quantitative estimate of drug-likeness (QED) is 0.753. The summed E-state index contributed by atoms with van der Waals surface area (Å²) in [5.74, 6) is 0.542. The number of nitrogens with zero attached hydrogens (tertiary/aromatic N) is 2. The lowest BCUT2D eigenvalue weighted by Gasteiger charge is -2.35. The highest BCUT2D eigenvalue weighted by molar-refractivity contribution is 5.84. The number of aliphatic hydroxyl groups excluding tert-OH is 1. The SMILES string of the molecule is CC(O)CN1CCC(CN(C)C(=O)C(C)(C)N)CC1. The van der Waals surface area contributed by atoms with Gasteiger partial charge in [-0.3, -0.25) is 4.79 Å². The molecule has 5 nitrogen and oxygen atoms in total. The molecule has 1 saturated heterocycles. The predicted molar refractivity (Wildman–Crippen MR) is 76.7 cm³/mol. The third-order valence-corrected chi connectivity index (χ3v) is 3.66. The first-order valence-electron chi connectivity index (χ1n) is 7.15. The molecule has 1 aliphatic heterocycles. The smallest absolute Gasteiger partial charge is 0.241 e. The van der Waals surface area contributed by atoms with Crippen molar-refractivity contribution in [1.82, 2.24) is 9.80 Å². The molecule has 0 radical (unpaired) electrons. The summed E-state index contributed by atoms with van der Waals surface area (Å²) >= 11 is 0. The molecule has 1 aliphatic rings. The number of aliphatic hydroxyl groups is 1. The molecule has 1 atom stereocenters. The molecule has 1 rings (SSSR count). The number of carbonyl (C=O) groups excluding carboxylic acids is 1. The molecule has 1 amide bonds. The van der Waals surface area contributed by atoms with E-state index in [1.54, 1.807) is 18.7 Å². The van der Waals surface area contributed by atoms with E-state index in [0.29, 0.717) is 5.92 Å². The third-order valence-electron chi connectivity index (χ3n) is 3.66. The highest BCUT2D eigenvalue weighted by Gasteiger charge is 2.28. The zero-order valence-corrected chi connectivity index (χ0v) is 12.7. The Kier molecular flexibility index (Phi) is 5.77. The minimum absolute atomic E-state index is 0.00101. The van der Waals surface area contributed by atoms with Gasteiger partial charge in [-0.2, -0.15) is 0 Å². The van der Waals surface area contributed by atoms with Crippen molar-refractivity contribution in [1.29, 1.82) is 0 Å². The number of hydrogen-bond donors (Lipinski definition) is 2. The number of hydrogen-bond acceptors (Lipinski definition) is 4. The van der Waals surface area contributed by atoms with Crippen LogP contribution in [0.3, 0.4) is 0 Å². The van der Waals surface area contributed by atoms with Crippen molar-refractivity contribution in [3.05, 3.63) is 0 Å². The van der Waals surface area contributed by atoms with Crippen molar-refractivity contribution in [2.45, 2.75) is 45.3 Å². The van der Waals surface area contributed by atoms with Crippen molar-refractivity contribution in [2.75, 3.05) is 33.2 Å². The van der Waals surface area contributed by atoms with Crippen LogP contribution in [0.4, 0.5) is 0 Å². The van der Waals surface area contributed by atoms with E-state index in [-0.39, 0.29) is 12.0 Å². The van der Waals surface area contributed by atoms with E-state index in [9.17, 15) is 9.90 Å². The third kappa shape index (κ3) is 5.47. The molecule has 1 fully saturated rings. The van der Waals surface area contributed by atoms with Crippen molar-refractivity contribution >= 4 is 5.91 Å². The number of rotatable bonds is 5. The maximum Gasteiger partial charge on any atom is 0.241 e. The number of β-amino-alcohol motifs (C(OH)–C–C–N with tert-alkyl or cyclic N) is 1. The standard InChI is InChI=1S/C14H29N3O2/c1-11(18)9-17-7-5-12(6-8-17)10-16(4)13(19)14(2,3)15/h11-12,18H,5-10,15H2,1-4H3. The molecular weight excluding hydrogens is 242 g/mol. The molecule has 0 bridgehead atoms. The van der Waals surface area contributed by atoms with E-state index < -0.39 is 5.54 Å². The van der Waals surface area contributed by atoms with Gasteiger partial charge in [0, 0.05) is 20.1 Å². The first kappa shape index (κ1) is 16.4. The van der Waals surface area contributed by atoms with Crippen LogP contribution < -0.4 is 5.73 Å². The van der Waals surface area contributed by atoms with E-state index in [4.69, 9.17) is 5.73 Å². The van der Waals surface area contributed by atoms with Crippen molar-refractivity contribution in [3.63, 3.8) is 0 Å². The lowest BCUT2D eigenvalue weighted by molar-refractivity contribution is -0.135. The molecule has 0 spiro atoms. The molecule has 0 aromatic rings. The number of amides is 1. The molecular formula is C14H29N3O2. The van der Waals surface area contributed by atoms with Gasteiger partial charge in [-0.25, -0.2) is 0 Å². The second-order valence-electron chi connectivity index (χ2n) is 6.50. The Morgan fingerprint density at radius 1 is 1.47 bits per heavy atom. The fourth-order valence-corrected chi connectivity index (χ4v) is 2.69. The molecule has 0 aromatic heterocycles. The second-order valence-corrected chi connectivity index (χ2v) is 6.50. The monoisotopic (exact) mass is 271 g/mol. The summed E-state index contributed by atoms with van der Waals surface area (Å²) in [6.45, 7) is 8.85. The predicted octanol–water partition coefficient (Wildman–Crippen LogP) is 0.275. The molecule has 0 saturated carbocycles. The fraction of sp³-hybridized carbons (Fsp3) is 0.929. The van der Waals surface area contributed by atoms with Gasteiger partial charge < -0.3 is 20.6 Å². The van der Waals surface area contributed by atoms with Gasteiger partial charge in [0.15, 0.2) is 0 Å². The van der Waals surface area contributed by atoms with Crippen molar-refractivity contribution in [3.8, 4) is 0 Å². The summed E-state index contributed by atoms with van der Waals surface area (Å²) in [5, 5.41) is 9.37. The zero-order chi connectivity index (χ0) is 14.6. The minimum Gasteiger partial charge on any atom is -0.392 e. The number of likely N-dealkylation sites (tertiary alicyclic amines) is 1. The summed E-state index contributed by atoms with van der Waals surface area (Å²) in [4.78, 5) is 16.1. The van der Waals surface area contributed by atoms with Gasteiger partial charge in [-0.15, -0.1) is 0 Å². The maximum absolute atomic E-state index is 12.0. The van der Waals surface area contributed by atoms with Crippen LogP contribution in [0.15, 0.2) is 0 Å². The van der Waals surface area contributed by atoms with Gasteiger partial charge in [0.2, 0.25) is 5.91 Å². The number of likely N-dealkylation sites (N-methyl/N-ethyl adjacent to an activating group) is 1. The van der Waals surface area contributed by atoms with E-state index >= 15 is 0 Å². The molecule has 112 valence electrons. The summed E-state index contributed by atoms with van der Waals surface area (Å²) in [6, 6.07) is 0. The number of carbonyl (C=O) groups is 1. The van der Waals surface area contributed by atoms with Crippen LogP contribution in [0.25, 0.3) is 0 Å². The number of piperidine rings is 1. The van der Waals surface area contributed by atoms with Crippen molar-refractivity contribution < 1.29 is 9.90 Å². The summed E-state index contributed by atoms with van der Waals surface area (Å²) < 4.78 is 0. The average molecular weight is 271 g/mol. The van der Waals surface area contributed by atoms with Gasteiger partial charge in [-0.1, -0.05) is 0 Å². The van der Waals surface area contributed by atoms with Gasteiger partial charge in [0.1, 0.15) is 0 Å². The lowest BCUT2D eigenvalue weighted by Crippen LogP contribution is -2.51. The first-order chi connectivity index (χ1) is 8.70. The molecule has 5 heteroatoms. The van der Waals surface area contributed by atoms with Gasteiger partial charge in [0.05, 0.1) is 11.6 Å². The Morgan fingerprint density at radius 3 is 2.42 bits per heavy atom. The highest BCUT2D eigenvalue weighted by atomic mass is 16.3. The first-order valence-corrected chi connectivity index (χ1v) is 7.15.